The molecule has 1 N–H and O–H groups in total. The number of aliphatic hydroxyl groups is 1. The summed E-state index contributed by atoms with van der Waals surface area (Å²) in [6, 6.07) is 4.66. The smallest absolute Gasteiger partial charge is 0.393 e. The maximum atomic E-state index is 12.6. The van der Waals surface area contributed by atoms with Crippen molar-refractivity contribution in [1.29, 1.82) is 0 Å². The minimum Gasteiger partial charge on any atom is -0.393 e. The molecule has 130 valence electrons. The summed E-state index contributed by atoms with van der Waals surface area (Å²) in [7, 11) is 0. The average molecular weight is 341 g/mol. The predicted molar refractivity (Wildman–Crippen MR) is 79.8 cm³/mol. The number of nitrogens with zero attached hydrogens (tertiary/aromatic N) is 3. The van der Waals surface area contributed by atoms with Gasteiger partial charge in [-0.3, -0.25) is 4.90 Å². The summed E-state index contributed by atoms with van der Waals surface area (Å²) in [6.45, 7) is 3.92. The zero-order chi connectivity index (χ0) is 17.3. The molecule has 0 spiro atoms. The van der Waals surface area contributed by atoms with Crippen LogP contribution >= 0.6 is 0 Å². The minimum absolute atomic E-state index is 0.177. The zero-order valence-electron chi connectivity index (χ0n) is 13.1. The Labute approximate surface area is 137 Å². The van der Waals surface area contributed by atoms with E-state index in [4.69, 9.17) is 4.52 Å². The van der Waals surface area contributed by atoms with Crippen LogP contribution < -0.4 is 0 Å². The topological polar surface area (TPSA) is 62.4 Å². The summed E-state index contributed by atoms with van der Waals surface area (Å²) in [5.41, 5.74) is -0.240. The fraction of sp³-hybridized carbons (Fsp3) is 0.500. The van der Waals surface area contributed by atoms with E-state index < -0.39 is 11.7 Å². The molecule has 1 fully saturated rings. The van der Waals surface area contributed by atoms with Crippen LogP contribution in [0.4, 0.5) is 13.2 Å². The van der Waals surface area contributed by atoms with Gasteiger partial charge in [0.1, 0.15) is 0 Å². The molecule has 1 aromatic heterocycles. The Bertz CT molecular complexity index is 685. The van der Waals surface area contributed by atoms with E-state index in [9.17, 15) is 18.3 Å². The van der Waals surface area contributed by atoms with Crippen molar-refractivity contribution in [2.45, 2.75) is 32.2 Å². The molecule has 3 rings (SSSR count). The molecule has 24 heavy (non-hydrogen) atoms. The van der Waals surface area contributed by atoms with Crippen molar-refractivity contribution in [3.63, 3.8) is 0 Å². The van der Waals surface area contributed by atoms with E-state index in [1.54, 1.807) is 0 Å². The SMILES string of the molecule is CC1CN(Cc2nc(-c3ccc(C(F)(F)F)cc3)no2)CCC1O. The number of piperidine rings is 1. The van der Waals surface area contributed by atoms with E-state index in [-0.39, 0.29) is 17.8 Å². The number of likely N-dealkylation sites (tertiary alicyclic amines) is 1. The first-order valence-electron chi connectivity index (χ1n) is 7.73. The Morgan fingerprint density at radius 1 is 1.29 bits per heavy atom. The molecule has 1 aliphatic heterocycles. The van der Waals surface area contributed by atoms with Crippen LogP contribution in [0, 0.1) is 5.92 Å². The molecule has 2 unspecified atom stereocenters. The maximum Gasteiger partial charge on any atom is 0.416 e. The lowest BCUT2D eigenvalue weighted by Crippen LogP contribution is -2.41. The normalized spacial score (nSPS) is 22.7. The molecule has 1 saturated heterocycles. The van der Waals surface area contributed by atoms with Crippen molar-refractivity contribution in [1.82, 2.24) is 15.0 Å². The Morgan fingerprint density at radius 2 is 2.00 bits per heavy atom. The van der Waals surface area contributed by atoms with Crippen LogP contribution in [-0.2, 0) is 12.7 Å². The standard InChI is InChI=1S/C16H18F3N3O2/c1-10-8-22(7-6-13(10)23)9-14-20-15(21-24-14)11-2-4-12(5-3-11)16(17,18)19/h2-5,10,13,23H,6-9H2,1H3. The van der Waals surface area contributed by atoms with Crippen LogP contribution in [0.2, 0.25) is 0 Å². The molecule has 2 heterocycles. The molecule has 1 aromatic carbocycles. The fourth-order valence-electron chi connectivity index (χ4n) is 2.80. The summed E-state index contributed by atoms with van der Waals surface area (Å²) in [5, 5.41) is 13.6. The third-order valence-electron chi connectivity index (χ3n) is 4.24. The number of aliphatic hydroxyl groups excluding tert-OH is 1. The number of aromatic nitrogens is 2. The number of hydrogen-bond donors (Lipinski definition) is 1. The van der Waals surface area contributed by atoms with Crippen LogP contribution in [0.1, 0.15) is 24.8 Å². The van der Waals surface area contributed by atoms with Gasteiger partial charge in [-0.25, -0.2) is 0 Å². The van der Waals surface area contributed by atoms with Gasteiger partial charge in [0.2, 0.25) is 11.7 Å². The first kappa shape index (κ1) is 16.9. The minimum atomic E-state index is -4.36. The highest BCUT2D eigenvalue weighted by atomic mass is 19.4. The lowest BCUT2D eigenvalue weighted by molar-refractivity contribution is -0.137. The van der Waals surface area contributed by atoms with Crippen LogP contribution in [0.15, 0.2) is 28.8 Å². The molecule has 1 aliphatic rings. The fourth-order valence-corrected chi connectivity index (χ4v) is 2.80. The van der Waals surface area contributed by atoms with Crippen molar-refractivity contribution < 1.29 is 22.8 Å². The highest BCUT2D eigenvalue weighted by molar-refractivity contribution is 5.54. The van der Waals surface area contributed by atoms with Gasteiger partial charge in [-0.15, -0.1) is 0 Å². The van der Waals surface area contributed by atoms with E-state index in [0.717, 1.165) is 25.2 Å². The van der Waals surface area contributed by atoms with Crippen LogP contribution in [0.5, 0.6) is 0 Å². The molecule has 5 nitrogen and oxygen atoms in total. The second-order valence-corrected chi connectivity index (χ2v) is 6.16. The van der Waals surface area contributed by atoms with Crippen LogP contribution in [0.25, 0.3) is 11.4 Å². The van der Waals surface area contributed by atoms with Crippen molar-refractivity contribution in [3.05, 3.63) is 35.7 Å². The average Bonchev–Trinajstić information content (AvgIpc) is 2.99. The molecule has 0 radical (unpaired) electrons. The third kappa shape index (κ3) is 3.76. The first-order valence-corrected chi connectivity index (χ1v) is 7.73. The second-order valence-electron chi connectivity index (χ2n) is 6.16. The Balaban J connectivity index is 1.67. The largest absolute Gasteiger partial charge is 0.416 e. The number of benzene rings is 1. The molecule has 0 aliphatic carbocycles. The monoisotopic (exact) mass is 341 g/mol. The van der Waals surface area contributed by atoms with Gasteiger partial charge in [0, 0.05) is 18.7 Å². The quantitative estimate of drug-likeness (QED) is 0.930. The molecular weight excluding hydrogens is 323 g/mol. The van der Waals surface area contributed by atoms with E-state index in [1.165, 1.54) is 12.1 Å². The number of alkyl halides is 3. The van der Waals surface area contributed by atoms with E-state index >= 15 is 0 Å². The van der Waals surface area contributed by atoms with Gasteiger partial charge >= 0.3 is 6.18 Å². The Morgan fingerprint density at radius 3 is 2.62 bits per heavy atom. The molecular formula is C16H18F3N3O2. The van der Waals surface area contributed by atoms with Gasteiger partial charge in [0.15, 0.2) is 0 Å². The number of halogens is 3. The summed E-state index contributed by atoms with van der Waals surface area (Å²) >= 11 is 0. The van der Waals surface area contributed by atoms with Crippen molar-refractivity contribution in [2.24, 2.45) is 5.92 Å². The Kier molecular flexibility index (Phi) is 4.60. The van der Waals surface area contributed by atoms with Gasteiger partial charge in [-0.1, -0.05) is 24.2 Å². The summed E-state index contributed by atoms with van der Waals surface area (Å²) < 4.78 is 42.9. The lowest BCUT2D eigenvalue weighted by Gasteiger charge is -2.33. The van der Waals surface area contributed by atoms with Gasteiger partial charge < -0.3 is 9.63 Å². The molecule has 0 amide bonds. The van der Waals surface area contributed by atoms with Crippen molar-refractivity contribution in [3.8, 4) is 11.4 Å². The highest BCUT2D eigenvalue weighted by Crippen LogP contribution is 2.30. The van der Waals surface area contributed by atoms with Crippen LogP contribution in [-0.4, -0.2) is 39.3 Å². The maximum absolute atomic E-state index is 12.6. The van der Waals surface area contributed by atoms with Gasteiger partial charge in [-0.05, 0) is 24.5 Å². The molecule has 0 bridgehead atoms. The highest BCUT2D eigenvalue weighted by Gasteiger charge is 2.30. The summed E-state index contributed by atoms with van der Waals surface area (Å²) in [4.78, 5) is 6.36. The van der Waals surface area contributed by atoms with Crippen molar-refractivity contribution in [2.75, 3.05) is 13.1 Å². The molecule has 2 atom stereocenters. The summed E-state index contributed by atoms with van der Waals surface area (Å²) in [6.07, 6.45) is -3.95. The van der Waals surface area contributed by atoms with Crippen molar-refractivity contribution >= 4 is 0 Å². The van der Waals surface area contributed by atoms with Gasteiger partial charge in [0.25, 0.3) is 0 Å². The third-order valence-corrected chi connectivity index (χ3v) is 4.24. The number of rotatable bonds is 3. The van der Waals surface area contributed by atoms with E-state index in [2.05, 4.69) is 15.0 Å². The van der Waals surface area contributed by atoms with E-state index in [0.29, 0.717) is 24.4 Å². The molecule has 8 heteroatoms. The van der Waals surface area contributed by atoms with E-state index in [1.807, 2.05) is 6.92 Å². The van der Waals surface area contributed by atoms with Crippen LogP contribution in [0.3, 0.4) is 0 Å². The molecule has 0 saturated carbocycles. The van der Waals surface area contributed by atoms with Gasteiger partial charge in [0.05, 0.1) is 18.2 Å². The van der Waals surface area contributed by atoms with Gasteiger partial charge in [-0.2, -0.15) is 18.2 Å². The Hall–Kier alpha value is -1.93. The lowest BCUT2D eigenvalue weighted by atomic mass is 9.97. The summed E-state index contributed by atoms with van der Waals surface area (Å²) in [5.74, 6) is 0.855. The number of hydrogen-bond acceptors (Lipinski definition) is 5. The molecule has 2 aromatic rings. The second kappa shape index (κ2) is 6.52. The first-order chi connectivity index (χ1) is 11.3. The predicted octanol–water partition coefficient (Wildman–Crippen LogP) is 2.96. The zero-order valence-corrected chi connectivity index (χ0v) is 13.1.